The molecule has 0 atom stereocenters. The van der Waals surface area contributed by atoms with Crippen LogP contribution in [0.15, 0.2) is 30.3 Å². The first-order valence-electron chi connectivity index (χ1n) is 11.6. The molecule has 1 aliphatic rings. The monoisotopic (exact) mass is 438 g/mol. The fourth-order valence-electron chi connectivity index (χ4n) is 5.01. The van der Waals surface area contributed by atoms with Crippen LogP contribution in [0.2, 0.25) is 5.02 Å². The molecule has 1 aliphatic heterocycles. The van der Waals surface area contributed by atoms with Gasteiger partial charge in [0.15, 0.2) is 0 Å². The van der Waals surface area contributed by atoms with E-state index in [2.05, 4.69) is 73.5 Å². The van der Waals surface area contributed by atoms with Crippen LogP contribution in [0.1, 0.15) is 62.1 Å². The lowest BCUT2D eigenvalue weighted by molar-refractivity contribution is 0.402. The largest absolute Gasteiger partial charge is 0.312 e. The Morgan fingerprint density at radius 3 is 2.52 bits per heavy atom. The Balaban J connectivity index is 1.93. The van der Waals surface area contributed by atoms with Crippen molar-refractivity contribution in [3.05, 3.63) is 52.0 Å². The van der Waals surface area contributed by atoms with E-state index in [1.165, 1.54) is 27.9 Å². The summed E-state index contributed by atoms with van der Waals surface area (Å²) < 4.78 is 2.45. The van der Waals surface area contributed by atoms with Crippen LogP contribution in [0.3, 0.4) is 0 Å². The molecule has 0 N–H and O–H groups in total. The van der Waals surface area contributed by atoms with E-state index in [9.17, 15) is 0 Å². The number of aryl methyl sites for hydroxylation is 2. The highest BCUT2D eigenvalue weighted by molar-refractivity contribution is 6.35. The Morgan fingerprint density at radius 1 is 1.06 bits per heavy atom. The summed E-state index contributed by atoms with van der Waals surface area (Å²) in [5.41, 5.74) is 7.49. The van der Waals surface area contributed by atoms with Crippen LogP contribution in [0.4, 0.5) is 11.6 Å². The van der Waals surface area contributed by atoms with Gasteiger partial charge < -0.3 is 14.4 Å². The lowest BCUT2D eigenvalue weighted by Gasteiger charge is -2.26. The molecule has 0 aliphatic carbocycles. The number of hydrogen-bond donors (Lipinski definition) is 0. The van der Waals surface area contributed by atoms with Gasteiger partial charge in [-0.2, -0.15) is 0 Å². The van der Waals surface area contributed by atoms with Gasteiger partial charge in [0.1, 0.15) is 5.52 Å². The molecule has 166 valence electrons. The summed E-state index contributed by atoms with van der Waals surface area (Å²) in [6, 6.07) is 11.1. The molecule has 0 bridgehead atoms. The van der Waals surface area contributed by atoms with Crippen LogP contribution in [-0.4, -0.2) is 35.1 Å². The van der Waals surface area contributed by atoms with Crippen molar-refractivity contribution in [3.8, 4) is 0 Å². The molecule has 0 saturated heterocycles. The molecule has 0 fully saturated rings. The van der Waals surface area contributed by atoms with Crippen molar-refractivity contribution < 1.29 is 0 Å². The van der Waals surface area contributed by atoms with Crippen molar-refractivity contribution in [1.29, 1.82) is 0 Å². The van der Waals surface area contributed by atoms with Crippen molar-refractivity contribution in [1.82, 2.24) is 14.5 Å². The molecule has 0 amide bonds. The zero-order valence-corrected chi connectivity index (χ0v) is 20.3. The summed E-state index contributed by atoms with van der Waals surface area (Å²) >= 11 is 6.69. The molecule has 2 aromatic carbocycles. The number of fused-ring (bicyclic) bond motifs is 3. The Morgan fingerprint density at radius 2 is 1.81 bits per heavy atom. The molecule has 5 heteroatoms. The van der Waals surface area contributed by atoms with Crippen LogP contribution in [0.25, 0.3) is 11.0 Å². The average Bonchev–Trinajstić information content (AvgIpc) is 2.99. The SMILES string of the molecule is CCC(CC)c1ccc(Cl)c2nc3n(c12)CCCCN3c1ccc(C)cc1CN(C)C. The van der Waals surface area contributed by atoms with Crippen molar-refractivity contribution in [2.75, 3.05) is 25.5 Å². The van der Waals surface area contributed by atoms with Crippen LogP contribution in [-0.2, 0) is 13.1 Å². The Kier molecular flexibility index (Phi) is 6.59. The smallest absolute Gasteiger partial charge is 0.211 e. The standard InChI is InChI=1S/C26H35ClN4/c1-6-19(7-2)21-11-12-22(27)24-25(21)31-15-9-8-14-30(26(31)28-24)23-13-10-18(3)16-20(23)17-29(4)5/h10-13,16,19H,6-9,14-15,17H2,1-5H3. The molecule has 4 nitrogen and oxygen atoms in total. The van der Waals surface area contributed by atoms with Crippen LogP contribution in [0, 0.1) is 6.92 Å². The number of rotatable bonds is 6. The third kappa shape index (κ3) is 4.20. The number of anilines is 2. The highest BCUT2D eigenvalue weighted by atomic mass is 35.5. The zero-order valence-electron chi connectivity index (χ0n) is 19.6. The zero-order chi connectivity index (χ0) is 22.1. The average molecular weight is 439 g/mol. The van der Waals surface area contributed by atoms with Crippen molar-refractivity contribution >= 4 is 34.3 Å². The van der Waals surface area contributed by atoms with E-state index >= 15 is 0 Å². The van der Waals surface area contributed by atoms with E-state index in [0.717, 1.165) is 61.8 Å². The molecule has 0 spiro atoms. The predicted octanol–water partition coefficient (Wildman–Crippen LogP) is 6.90. The number of aromatic nitrogens is 2. The lowest BCUT2D eigenvalue weighted by Crippen LogP contribution is -2.23. The second-order valence-corrected chi connectivity index (χ2v) is 9.55. The lowest BCUT2D eigenvalue weighted by atomic mass is 9.93. The summed E-state index contributed by atoms with van der Waals surface area (Å²) in [6.07, 6.45) is 4.56. The molecule has 31 heavy (non-hydrogen) atoms. The van der Waals surface area contributed by atoms with Crippen molar-refractivity contribution in [2.24, 2.45) is 0 Å². The third-order valence-corrected chi connectivity index (χ3v) is 6.85. The van der Waals surface area contributed by atoms with Gasteiger partial charge in [-0.25, -0.2) is 4.98 Å². The Bertz CT molecular complexity index is 1060. The number of nitrogens with zero attached hydrogens (tertiary/aromatic N) is 4. The predicted molar refractivity (Wildman–Crippen MR) is 133 cm³/mol. The van der Waals surface area contributed by atoms with Gasteiger partial charge in [0.2, 0.25) is 5.95 Å². The van der Waals surface area contributed by atoms with Crippen molar-refractivity contribution in [3.63, 3.8) is 0 Å². The van der Waals surface area contributed by atoms with Gasteiger partial charge in [-0.15, -0.1) is 0 Å². The quantitative estimate of drug-likeness (QED) is 0.418. The van der Waals surface area contributed by atoms with E-state index in [4.69, 9.17) is 16.6 Å². The molecule has 3 aromatic rings. The maximum absolute atomic E-state index is 6.69. The van der Waals surface area contributed by atoms with E-state index in [1.54, 1.807) is 0 Å². The van der Waals surface area contributed by atoms with Crippen LogP contribution < -0.4 is 4.90 Å². The minimum absolute atomic E-state index is 0.529. The first kappa shape index (κ1) is 22.2. The second-order valence-electron chi connectivity index (χ2n) is 9.14. The molecular formula is C26H35ClN4. The molecule has 0 radical (unpaired) electrons. The molecule has 0 saturated carbocycles. The van der Waals surface area contributed by atoms with E-state index < -0.39 is 0 Å². The molecule has 2 heterocycles. The summed E-state index contributed by atoms with van der Waals surface area (Å²) in [7, 11) is 4.26. The van der Waals surface area contributed by atoms with Gasteiger partial charge >= 0.3 is 0 Å². The number of halogens is 1. The van der Waals surface area contributed by atoms with Crippen molar-refractivity contribution in [2.45, 2.75) is 65.5 Å². The van der Waals surface area contributed by atoms with Gasteiger partial charge in [-0.3, -0.25) is 0 Å². The highest BCUT2D eigenvalue weighted by Crippen LogP contribution is 2.40. The molecule has 1 aromatic heterocycles. The highest BCUT2D eigenvalue weighted by Gasteiger charge is 2.26. The van der Waals surface area contributed by atoms with Gasteiger partial charge in [0, 0.05) is 25.3 Å². The van der Waals surface area contributed by atoms with Gasteiger partial charge in [0.05, 0.1) is 10.5 Å². The Labute approximate surface area is 191 Å². The summed E-state index contributed by atoms with van der Waals surface area (Å²) in [5, 5.41) is 0.752. The molecule has 4 rings (SSSR count). The maximum atomic E-state index is 6.69. The summed E-state index contributed by atoms with van der Waals surface area (Å²) in [6.45, 7) is 9.60. The first-order chi connectivity index (χ1) is 14.9. The number of benzene rings is 2. The van der Waals surface area contributed by atoms with Gasteiger partial charge in [-0.1, -0.05) is 49.2 Å². The Hall–Kier alpha value is -2.04. The fourth-order valence-corrected chi connectivity index (χ4v) is 5.20. The fraction of sp³-hybridized carbons (Fsp3) is 0.500. The first-order valence-corrected chi connectivity index (χ1v) is 12.0. The molecular weight excluding hydrogens is 404 g/mol. The summed E-state index contributed by atoms with van der Waals surface area (Å²) in [5.74, 6) is 1.57. The minimum Gasteiger partial charge on any atom is -0.312 e. The third-order valence-electron chi connectivity index (χ3n) is 6.55. The number of hydrogen-bond acceptors (Lipinski definition) is 3. The van der Waals surface area contributed by atoms with Crippen LogP contribution >= 0.6 is 11.6 Å². The maximum Gasteiger partial charge on any atom is 0.211 e. The molecule has 0 unspecified atom stereocenters. The number of imidazole rings is 1. The minimum atomic E-state index is 0.529. The van der Waals surface area contributed by atoms with E-state index in [0.29, 0.717) is 5.92 Å². The topological polar surface area (TPSA) is 24.3 Å². The second kappa shape index (κ2) is 9.22. The van der Waals surface area contributed by atoms with Crippen LogP contribution in [0.5, 0.6) is 0 Å². The normalized spacial score (nSPS) is 14.5. The van der Waals surface area contributed by atoms with E-state index in [-0.39, 0.29) is 0 Å². The van der Waals surface area contributed by atoms with Gasteiger partial charge in [0.25, 0.3) is 0 Å². The van der Waals surface area contributed by atoms with E-state index in [1.807, 2.05) is 6.07 Å². The summed E-state index contributed by atoms with van der Waals surface area (Å²) in [4.78, 5) is 9.83. The van der Waals surface area contributed by atoms with Gasteiger partial charge in [-0.05, 0) is 75.9 Å².